The lowest BCUT2D eigenvalue weighted by molar-refractivity contribution is -0.130. The minimum absolute atomic E-state index is 0.0622. The number of benzene rings is 2. The van der Waals surface area contributed by atoms with Crippen LogP contribution in [0.25, 0.3) is 11.4 Å². The van der Waals surface area contributed by atoms with Crippen LogP contribution in [0.3, 0.4) is 0 Å². The van der Waals surface area contributed by atoms with Gasteiger partial charge in [0, 0.05) is 24.1 Å². The Hall–Kier alpha value is -3.29. The van der Waals surface area contributed by atoms with E-state index in [0.717, 1.165) is 23.8 Å². The first kappa shape index (κ1) is 18.1. The highest BCUT2D eigenvalue weighted by atomic mass is 19.1. The molecular weight excluding hydrogens is 368 g/mol. The maximum atomic E-state index is 14.0. The molecule has 1 saturated heterocycles. The van der Waals surface area contributed by atoms with Gasteiger partial charge < -0.3 is 14.2 Å². The summed E-state index contributed by atoms with van der Waals surface area (Å²) in [6.07, 6.45) is 0.752. The number of ether oxygens (including phenoxy) is 1. The van der Waals surface area contributed by atoms with Crippen molar-refractivity contribution in [2.24, 2.45) is 0 Å². The Labute approximate surface area is 159 Å². The van der Waals surface area contributed by atoms with Crippen LogP contribution in [0, 0.1) is 11.6 Å². The summed E-state index contributed by atoms with van der Waals surface area (Å²) < 4.78 is 38.0. The number of halogens is 2. The fourth-order valence-corrected chi connectivity index (χ4v) is 3.26. The lowest BCUT2D eigenvalue weighted by Gasteiger charge is -2.22. The van der Waals surface area contributed by atoms with Crippen molar-refractivity contribution >= 4 is 5.91 Å². The monoisotopic (exact) mass is 385 g/mol. The predicted octanol–water partition coefficient (Wildman–Crippen LogP) is 3.89. The molecule has 0 bridgehead atoms. The second-order valence-corrected chi connectivity index (χ2v) is 6.50. The van der Waals surface area contributed by atoms with E-state index < -0.39 is 17.7 Å². The van der Waals surface area contributed by atoms with Crippen LogP contribution in [0.15, 0.2) is 47.0 Å². The van der Waals surface area contributed by atoms with Gasteiger partial charge in [-0.3, -0.25) is 4.79 Å². The minimum Gasteiger partial charge on any atom is -0.497 e. The normalized spacial score (nSPS) is 16.6. The van der Waals surface area contributed by atoms with Crippen LogP contribution in [0.4, 0.5) is 8.78 Å². The number of methoxy groups -OCH3 is 1. The average Bonchev–Trinajstić information content (AvgIpc) is 3.32. The van der Waals surface area contributed by atoms with Crippen molar-refractivity contribution in [3.63, 3.8) is 0 Å². The molecule has 28 heavy (non-hydrogen) atoms. The van der Waals surface area contributed by atoms with Crippen LogP contribution in [0.5, 0.6) is 5.75 Å². The summed E-state index contributed by atoms with van der Waals surface area (Å²) >= 11 is 0. The number of amides is 1. The Morgan fingerprint density at radius 1 is 1.21 bits per heavy atom. The van der Waals surface area contributed by atoms with Crippen LogP contribution in [0.2, 0.25) is 0 Å². The van der Waals surface area contributed by atoms with Crippen molar-refractivity contribution in [2.45, 2.75) is 25.4 Å². The van der Waals surface area contributed by atoms with Gasteiger partial charge >= 0.3 is 0 Å². The molecule has 0 radical (unpaired) electrons. The molecular formula is C20H17F2N3O3. The Kier molecular flexibility index (Phi) is 4.77. The summed E-state index contributed by atoms with van der Waals surface area (Å²) in [4.78, 5) is 18.2. The van der Waals surface area contributed by atoms with Crippen molar-refractivity contribution < 1.29 is 22.8 Å². The number of aromatic nitrogens is 2. The van der Waals surface area contributed by atoms with E-state index in [2.05, 4.69) is 10.1 Å². The zero-order valence-electron chi connectivity index (χ0n) is 15.1. The number of hydrogen-bond acceptors (Lipinski definition) is 5. The van der Waals surface area contributed by atoms with E-state index in [1.807, 2.05) is 0 Å². The molecule has 4 rings (SSSR count). The molecule has 0 aliphatic carbocycles. The first-order chi connectivity index (χ1) is 13.5. The Balaban J connectivity index is 1.58. The number of rotatable bonds is 5. The number of likely N-dealkylation sites (tertiary alicyclic amines) is 1. The van der Waals surface area contributed by atoms with E-state index in [1.54, 1.807) is 31.4 Å². The lowest BCUT2D eigenvalue weighted by atomic mass is 10.1. The molecule has 6 nitrogen and oxygen atoms in total. The van der Waals surface area contributed by atoms with Gasteiger partial charge in [0.1, 0.15) is 23.4 Å². The molecule has 0 N–H and O–H groups in total. The number of hydrogen-bond donors (Lipinski definition) is 0. The molecule has 1 atom stereocenters. The first-order valence-electron chi connectivity index (χ1n) is 8.76. The fourth-order valence-electron chi connectivity index (χ4n) is 3.26. The average molecular weight is 385 g/mol. The van der Waals surface area contributed by atoms with Gasteiger partial charge in [-0.2, -0.15) is 4.98 Å². The molecule has 2 heterocycles. The molecule has 0 saturated carbocycles. The highest BCUT2D eigenvalue weighted by molar-refractivity contribution is 5.78. The fraction of sp³-hybridized carbons (Fsp3) is 0.250. The summed E-state index contributed by atoms with van der Waals surface area (Å²) in [6.45, 7) is -0.0622. The number of carbonyl (C=O) groups excluding carboxylic acids is 1. The zero-order chi connectivity index (χ0) is 19.7. The van der Waals surface area contributed by atoms with Gasteiger partial charge in [-0.1, -0.05) is 5.16 Å². The highest BCUT2D eigenvalue weighted by Gasteiger charge is 2.36. The van der Waals surface area contributed by atoms with Gasteiger partial charge in [0.05, 0.1) is 7.11 Å². The first-order valence-corrected chi connectivity index (χ1v) is 8.76. The SMILES string of the molecule is COc1ccc(-c2noc(C3CCC(=O)N3Cc3cc(F)ccc3F)n2)cc1. The second kappa shape index (κ2) is 7.38. The van der Waals surface area contributed by atoms with Crippen LogP contribution < -0.4 is 4.74 Å². The van der Waals surface area contributed by atoms with E-state index in [0.29, 0.717) is 18.0 Å². The lowest BCUT2D eigenvalue weighted by Crippen LogP contribution is -2.27. The molecule has 1 aromatic heterocycles. The second-order valence-electron chi connectivity index (χ2n) is 6.50. The molecule has 1 aliphatic heterocycles. The van der Waals surface area contributed by atoms with Gasteiger partial charge in [0.25, 0.3) is 0 Å². The van der Waals surface area contributed by atoms with Gasteiger partial charge in [-0.05, 0) is 48.9 Å². The topological polar surface area (TPSA) is 68.5 Å². The van der Waals surface area contributed by atoms with Crippen molar-refractivity contribution in [1.82, 2.24) is 15.0 Å². The summed E-state index contributed by atoms with van der Waals surface area (Å²) in [5, 5.41) is 3.99. The molecule has 1 unspecified atom stereocenters. The standard InChI is InChI=1S/C20H17F2N3O3/c1-27-15-5-2-12(3-6-15)19-23-20(28-24-19)17-8-9-18(26)25(17)11-13-10-14(21)4-7-16(13)22/h2-7,10,17H,8-9,11H2,1H3. The number of carbonyl (C=O) groups is 1. The Morgan fingerprint density at radius 3 is 2.75 bits per heavy atom. The quantitative estimate of drug-likeness (QED) is 0.667. The van der Waals surface area contributed by atoms with Crippen LogP contribution >= 0.6 is 0 Å². The van der Waals surface area contributed by atoms with Gasteiger partial charge in [-0.25, -0.2) is 8.78 Å². The molecule has 1 amide bonds. The molecule has 3 aromatic rings. The van der Waals surface area contributed by atoms with Crippen molar-refractivity contribution in [3.8, 4) is 17.1 Å². The molecule has 1 aliphatic rings. The minimum atomic E-state index is -0.565. The highest BCUT2D eigenvalue weighted by Crippen LogP contribution is 2.34. The largest absolute Gasteiger partial charge is 0.497 e. The van der Waals surface area contributed by atoms with Gasteiger partial charge in [0.15, 0.2) is 0 Å². The van der Waals surface area contributed by atoms with Crippen LogP contribution in [-0.2, 0) is 11.3 Å². The third-order valence-electron chi connectivity index (χ3n) is 4.75. The third kappa shape index (κ3) is 3.45. The number of nitrogens with zero attached hydrogens (tertiary/aromatic N) is 3. The van der Waals surface area contributed by atoms with E-state index in [-0.39, 0.29) is 30.3 Å². The van der Waals surface area contributed by atoms with Crippen LogP contribution in [0.1, 0.15) is 30.3 Å². The smallest absolute Gasteiger partial charge is 0.249 e. The molecule has 144 valence electrons. The van der Waals surface area contributed by atoms with Crippen molar-refractivity contribution in [2.75, 3.05) is 7.11 Å². The van der Waals surface area contributed by atoms with E-state index in [1.165, 1.54) is 4.90 Å². The molecule has 2 aromatic carbocycles. The molecule has 0 spiro atoms. The van der Waals surface area contributed by atoms with E-state index in [4.69, 9.17) is 9.26 Å². The maximum Gasteiger partial charge on any atom is 0.249 e. The van der Waals surface area contributed by atoms with Gasteiger partial charge in [-0.15, -0.1) is 0 Å². The molecule has 1 fully saturated rings. The van der Waals surface area contributed by atoms with E-state index >= 15 is 0 Å². The van der Waals surface area contributed by atoms with E-state index in [9.17, 15) is 13.6 Å². The summed E-state index contributed by atoms with van der Waals surface area (Å²) in [6, 6.07) is 9.87. The Morgan fingerprint density at radius 2 is 2.00 bits per heavy atom. The van der Waals surface area contributed by atoms with Crippen LogP contribution in [-0.4, -0.2) is 28.1 Å². The predicted molar refractivity (Wildman–Crippen MR) is 95.2 cm³/mol. The summed E-state index contributed by atoms with van der Waals surface area (Å²) in [5.74, 6) is 0.0702. The van der Waals surface area contributed by atoms with Crippen molar-refractivity contribution in [1.29, 1.82) is 0 Å². The summed E-state index contributed by atoms with van der Waals surface area (Å²) in [5.41, 5.74) is 0.845. The summed E-state index contributed by atoms with van der Waals surface area (Å²) in [7, 11) is 1.58. The Bertz CT molecular complexity index is 1000. The zero-order valence-corrected chi connectivity index (χ0v) is 15.1. The molecule has 8 heteroatoms. The maximum absolute atomic E-state index is 14.0. The third-order valence-corrected chi connectivity index (χ3v) is 4.75. The van der Waals surface area contributed by atoms with Crippen molar-refractivity contribution in [3.05, 3.63) is 65.6 Å². The van der Waals surface area contributed by atoms with Gasteiger partial charge in [0.2, 0.25) is 17.6 Å².